The Kier molecular flexibility index (Phi) is 7.60. The number of hydrogen-bond acceptors (Lipinski definition) is 4. The Balaban J connectivity index is 1.70. The fraction of sp³-hybridized carbons (Fsp3) is 0.296. The van der Waals surface area contributed by atoms with Crippen LogP contribution in [0.3, 0.4) is 0 Å². The van der Waals surface area contributed by atoms with E-state index in [1.807, 2.05) is 83.9 Å². The SMILES string of the molecule is CCCN(CCC)NC(=O)N(OCc1ccccc1)C1c2ccccc2Oc2ccccc21. The largest absolute Gasteiger partial charge is 0.457 e. The van der Waals surface area contributed by atoms with Crippen LogP contribution in [-0.4, -0.2) is 29.2 Å². The minimum Gasteiger partial charge on any atom is -0.457 e. The van der Waals surface area contributed by atoms with Crippen LogP contribution in [0.25, 0.3) is 0 Å². The molecule has 0 aliphatic carbocycles. The first-order chi connectivity index (χ1) is 16.2. The normalized spacial score (nSPS) is 12.6. The number of carbonyl (C=O) groups excluding carboxylic acids is 1. The molecule has 0 aromatic heterocycles. The average molecular weight is 446 g/mol. The Morgan fingerprint density at radius 2 is 1.39 bits per heavy atom. The lowest BCUT2D eigenvalue weighted by molar-refractivity contribution is -0.152. The Morgan fingerprint density at radius 3 is 1.97 bits per heavy atom. The van der Waals surface area contributed by atoms with E-state index in [9.17, 15) is 4.79 Å². The number of para-hydroxylation sites is 2. The van der Waals surface area contributed by atoms with Gasteiger partial charge in [-0.25, -0.2) is 9.80 Å². The molecule has 1 N–H and O–H groups in total. The summed E-state index contributed by atoms with van der Waals surface area (Å²) in [5, 5.41) is 3.42. The predicted molar refractivity (Wildman–Crippen MR) is 129 cm³/mol. The topological polar surface area (TPSA) is 54.0 Å². The molecular weight excluding hydrogens is 414 g/mol. The van der Waals surface area contributed by atoms with E-state index in [0.29, 0.717) is 0 Å². The van der Waals surface area contributed by atoms with E-state index in [1.54, 1.807) is 0 Å². The van der Waals surface area contributed by atoms with Gasteiger partial charge in [-0.15, -0.1) is 0 Å². The summed E-state index contributed by atoms with van der Waals surface area (Å²) < 4.78 is 6.13. The second-order valence-corrected chi connectivity index (χ2v) is 8.07. The van der Waals surface area contributed by atoms with E-state index in [4.69, 9.17) is 9.57 Å². The number of ether oxygens (including phenoxy) is 1. The van der Waals surface area contributed by atoms with Gasteiger partial charge >= 0.3 is 6.03 Å². The summed E-state index contributed by atoms with van der Waals surface area (Å²) in [6, 6.07) is 24.7. The molecule has 0 bridgehead atoms. The number of amides is 2. The predicted octanol–water partition coefficient (Wildman–Crippen LogP) is 6.06. The van der Waals surface area contributed by atoms with Gasteiger partial charge in [-0.2, -0.15) is 5.06 Å². The molecule has 0 spiro atoms. The zero-order valence-corrected chi connectivity index (χ0v) is 19.2. The molecule has 6 nitrogen and oxygen atoms in total. The van der Waals surface area contributed by atoms with Crippen LogP contribution in [0.4, 0.5) is 4.79 Å². The molecule has 6 heteroatoms. The molecule has 0 fully saturated rings. The quantitative estimate of drug-likeness (QED) is 0.407. The molecular formula is C27H31N3O3. The summed E-state index contributed by atoms with van der Waals surface area (Å²) in [6.45, 7) is 6.02. The van der Waals surface area contributed by atoms with Crippen LogP contribution in [0.15, 0.2) is 78.9 Å². The first-order valence-electron chi connectivity index (χ1n) is 11.6. The van der Waals surface area contributed by atoms with Crippen LogP contribution >= 0.6 is 0 Å². The monoisotopic (exact) mass is 445 g/mol. The van der Waals surface area contributed by atoms with E-state index in [-0.39, 0.29) is 12.6 Å². The standard InChI is InChI=1S/C27H31N3O3/c1-3-18-29(19-4-2)28-27(31)30(32-20-21-12-6-5-7-13-21)26-22-14-8-10-16-24(22)33-25-17-11-9-15-23(25)26/h5-17,26H,3-4,18-20H2,1-2H3,(H,28,31). The van der Waals surface area contributed by atoms with E-state index < -0.39 is 6.04 Å². The highest BCUT2D eigenvalue weighted by Gasteiger charge is 2.36. The Labute approximate surface area is 195 Å². The first-order valence-corrected chi connectivity index (χ1v) is 11.6. The highest BCUT2D eigenvalue weighted by Crippen LogP contribution is 2.45. The molecule has 1 aliphatic rings. The molecule has 0 atom stereocenters. The summed E-state index contributed by atoms with van der Waals surface area (Å²) in [6.07, 6.45) is 1.88. The Hall–Kier alpha value is -3.35. The molecule has 2 amide bonds. The third-order valence-corrected chi connectivity index (χ3v) is 5.54. The number of carbonyl (C=O) groups is 1. The van der Waals surface area contributed by atoms with Crippen molar-refractivity contribution >= 4 is 6.03 Å². The number of rotatable bonds is 9. The maximum atomic E-state index is 13.7. The number of urea groups is 1. The molecule has 0 radical (unpaired) electrons. The number of hydrazine groups is 1. The Morgan fingerprint density at radius 1 is 0.848 bits per heavy atom. The average Bonchev–Trinajstić information content (AvgIpc) is 2.84. The van der Waals surface area contributed by atoms with Crippen molar-refractivity contribution in [3.63, 3.8) is 0 Å². The molecule has 0 unspecified atom stereocenters. The molecule has 1 heterocycles. The number of nitrogens with one attached hydrogen (secondary N) is 1. The second kappa shape index (κ2) is 11.0. The number of hydrogen-bond donors (Lipinski definition) is 1. The van der Waals surface area contributed by atoms with E-state index in [2.05, 4.69) is 19.3 Å². The number of benzene rings is 3. The summed E-state index contributed by atoms with van der Waals surface area (Å²) >= 11 is 0. The summed E-state index contributed by atoms with van der Waals surface area (Å²) in [4.78, 5) is 19.9. The van der Waals surface area contributed by atoms with E-state index in [0.717, 1.165) is 54.1 Å². The van der Waals surface area contributed by atoms with Crippen molar-refractivity contribution < 1.29 is 14.4 Å². The molecule has 0 saturated carbocycles. The van der Waals surface area contributed by atoms with Crippen molar-refractivity contribution in [3.05, 3.63) is 95.6 Å². The van der Waals surface area contributed by atoms with Crippen LogP contribution in [0.5, 0.6) is 11.5 Å². The van der Waals surface area contributed by atoms with Gasteiger partial charge < -0.3 is 4.74 Å². The van der Waals surface area contributed by atoms with Crippen molar-refractivity contribution in [2.45, 2.75) is 39.3 Å². The van der Waals surface area contributed by atoms with Crippen LogP contribution < -0.4 is 10.2 Å². The van der Waals surface area contributed by atoms with E-state index in [1.165, 1.54) is 5.06 Å². The van der Waals surface area contributed by atoms with Crippen LogP contribution in [-0.2, 0) is 11.4 Å². The van der Waals surface area contributed by atoms with Gasteiger partial charge in [0.25, 0.3) is 0 Å². The zero-order valence-electron chi connectivity index (χ0n) is 19.2. The van der Waals surface area contributed by atoms with Crippen molar-refractivity contribution in [3.8, 4) is 11.5 Å². The lowest BCUT2D eigenvalue weighted by Gasteiger charge is -2.36. The Bertz CT molecular complexity index is 1010. The minimum atomic E-state index is -0.444. The molecule has 1 aliphatic heterocycles. The van der Waals surface area contributed by atoms with Crippen molar-refractivity contribution in [1.29, 1.82) is 0 Å². The van der Waals surface area contributed by atoms with Gasteiger partial charge in [0.05, 0.1) is 0 Å². The zero-order chi connectivity index (χ0) is 23.0. The maximum absolute atomic E-state index is 13.7. The highest BCUT2D eigenvalue weighted by molar-refractivity contribution is 5.74. The number of fused-ring (bicyclic) bond motifs is 2. The summed E-state index contributed by atoms with van der Waals surface area (Å²) in [5.74, 6) is 1.45. The third kappa shape index (κ3) is 5.35. The lowest BCUT2D eigenvalue weighted by Crippen LogP contribution is -2.51. The molecule has 172 valence electrons. The first kappa shape index (κ1) is 22.8. The molecule has 0 saturated heterocycles. The fourth-order valence-electron chi connectivity index (χ4n) is 4.05. The molecule has 33 heavy (non-hydrogen) atoms. The van der Waals surface area contributed by atoms with Gasteiger partial charge in [0.2, 0.25) is 0 Å². The van der Waals surface area contributed by atoms with E-state index >= 15 is 0 Å². The van der Waals surface area contributed by atoms with Gasteiger partial charge in [-0.1, -0.05) is 80.6 Å². The van der Waals surface area contributed by atoms with Gasteiger partial charge in [-0.05, 0) is 30.5 Å². The third-order valence-electron chi connectivity index (χ3n) is 5.54. The fourth-order valence-corrected chi connectivity index (χ4v) is 4.05. The van der Waals surface area contributed by atoms with Gasteiger partial charge in [0.15, 0.2) is 0 Å². The number of hydroxylamine groups is 2. The van der Waals surface area contributed by atoms with Gasteiger partial charge in [0, 0.05) is 24.2 Å². The van der Waals surface area contributed by atoms with Crippen LogP contribution in [0.1, 0.15) is 49.4 Å². The molecule has 4 rings (SSSR count). The van der Waals surface area contributed by atoms with Crippen LogP contribution in [0, 0.1) is 0 Å². The van der Waals surface area contributed by atoms with Gasteiger partial charge in [-0.3, -0.25) is 10.3 Å². The molecule has 3 aromatic rings. The summed E-state index contributed by atoms with van der Waals surface area (Å²) in [7, 11) is 0. The van der Waals surface area contributed by atoms with Crippen molar-refractivity contribution in [2.75, 3.05) is 13.1 Å². The van der Waals surface area contributed by atoms with Gasteiger partial charge in [0.1, 0.15) is 24.1 Å². The maximum Gasteiger partial charge on any atom is 0.356 e. The number of nitrogens with zero attached hydrogens (tertiary/aromatic N) is 2. The smallest absolute Gasteiger partial charge is 0.356 e. The second-order valence-electron chi connectivity index (χ2n) is 8.07. The lowest BCUT2D eigenvalue weighted by atomic mass is 9.94. The molecule has 3 aromatic carbocycles. The van der Waals surface area contributed by atoms with Crippen molar-refractivity contribution in [2.24, 2.45) is 0 Å². The minimum absolute atomic E-state index is 0.275. The van der Waals surface area contributed by atoms with Crippen molar-refractivity contribution in [1.82, 2.24) is 15.5 Å². The summed E-state index contributed by atoms with van der Waals surface area (Å²) in [5.41, 5.74) is 5.83. The highest BCUT2D eigenvalue weighted by atomic mass is 16.7. The van der Waals surface area contributed by atoms with Crippen LogP contribution in [0.2, 0.25) is 0 Å².